The molecule has 32 heavy (non-hydrogen) atoms. The van der Waals surface area contributed by atoms with Gasteiger partial charge in [0.05, 0.1) is 14.2 Å². The van der Waals surface area contributed by atoms with E-state index in [1.54, 1.807) is 14.2 Å². The fourth-order valence-corrected chi connectivity index (χ4v) is 4.30. The first kappa shape index (κ1) is 19.9. The molecular weight excluding hydrogens is 392 g/mol. The van der Waals surface area contributed by atoms with Crippen molar-refractivity contribution in [3.05, 3.63) is 125 Å². The molecule has 5 rings (SSSR count). The van der Waals surface area contributed by atoms with Crippen LogP contribution in [0, 0.1) is 0 Å². The van der Waals surface area contributed by atoms with Gasteiger partial charge in [0.2, 0.25) is 0 Å². The van der Waals surface area contributed by atoms with Gasteiger partial charge in [0.25, 0.3) is 0 Å². The van der Waals surface area contributed by atoms with Gasteiger partial charge in [-0.25, -0.2) is 0 Å². The SMILES string of the molecule is COc1cc2ccccc2c(/C=C2\C=C(c3ccccc3)C=C2c2ccccc2)c1OC. The van der Waals surface area contributed by atoms with Gasteiger partial charge in [0.1, 0.15) is 0 Å². The lowest BCUT2D eigenvalue weighted by atomic mass is 9.96. The molecule has 0 radical (unpaired) electrons. The van der Waals surface area contributed by atoms with Gasteiger partial charge in [-0.15, -0.1) is 0 Å². The van der Waals surface area contributed by atoms with E-state index in [0.29, 0.717) is 0 Å². The Hall–Kier alpha value is -4.04. The van der Waals surface area contributed by atoms with Gasteiger partial charge in [-0.2, -0.15) is 0 Å². The molecule has 1 aliphatic rings. The molecule has 4 aromatic rings. The van der Waals surface area contributed by atoms with E-state index in [1.807, 2.05) is 24.3 Å². The Balaban J connectivity index is 1.75. The number of hydrogen-bond donors (Lipinski definition) is 0. The summed E-state index contributed by atoms with van der Waals surface area (Å²) < 4.78 is 11.5. The first-order valence-corrected chi connectivity index (χ1v) is 10.7. The van der Waals surface area contributed by atoms with Crippen LogP contribution in [-0.4, -0.2) is 14.2 Å². The standard InChI is InChI=1S/C30H24O2/c1-31-29-20-23-15-9-10-16-26(23)28(30(29)32-2)19-25-17-24(21-11-5-3-6-12-21)18-27(25)22-13-7-4-8-14-22/h3-20H,1-2H3/b25-19+. The van der Waals surface area contributed by atoms with Crippen molar-refractivity contribution < 1.29 is 9.47 Å². The van der Waals surface area contributed by atoms with E-state index in [-0.39, 0.29) is 0 Å². The van der Waals surface area contributed by atoms with Gasteiger partial charge in [-0.05, 0) is 62.9 Å². The van der Waals surface area contributed by atoms with Gasteiger partial charge in [0, 0.05) is 5.56 Å². The van der Waals surface area contributed by atoms with Gasteiger partial charge in [-0.3, -0.25) is 0 Å². The average molecular weight is 417 g/mol. The zero-order valence-electron chi connectivity index (χ0n) is 18.2. The van der Waals surface area contributed by atoms with Crippen molar-refractivity contribution in [2.24, 2.45) is 0 Å². The molecule has 2 nitrogen and oxygen atoms in total. The fraction of sp³-hybridized carbons (Fsp3) is 0.0667. The van der Waals surface area contributed by atoms with Crippen LogP contribution in [0.25, 0.3) is 28.0 Å². The molecule has 0 unspecified atom stereocenters. The zero-order chi connectivity index (χ0) is 21.9. The number of allylic oxidation sites excluding steroid dienone is 5. The Morgan fingerprint density at radius 2 is 1.31 bits per heavy atom. The molecule has 0 aliphatic heterocycles. The Morgan fingerprint density at radius 3 is 2.00 bits per heavy atom. The molecule has 0 fully saturated rings. The molecule has 0 saturated carbocycles. The largest absolute Gasteiger partial charge is 0.493 e. The minimum absolute atomic E-state index is 0.730. The van der Waals surface area contributed by atoms with Gasteiger partial charge < -0.3 is 9.47 Å². The summed E-state index contributed by atoms with van der Waals surface area (Å²) in [5, 5.41) is 2.25. The molecule has 1 aliphatic carbocycles. The van der Waals surface area contributed by atoms with E-state index in [0.717, 1.165) is 33.4 Å². The molecule has 0 N–H and O–H groups in total. The highest BCUT2D eigenvalue weighted by atomic mass is 16.5. The van der Waals surface area contributed by atoms with Crippen molar-refractivity contribution in [3.63, 3.8) is 0 Å². The molecule has 0 amide bonds. The van der Waals surface area contributed by atoms with E-state index in [1.165, 1.54) is 22.3 Å². The van der Waals surface area contributed by atoms with Crippen LogP contribution in [0.3, 0.4) is 0 Å². The molecule has 0 aromatic heterocycles. The summed E-state index contributed by atoms with van der Waals surface area (Å²) in [6, 6.07) is 31.4. The topological polar surface area (TPSA) is 18.5 Å². The summed E-state index contributed by atoms with van der Waals surface area (Å²) in [6.45, 7) is 0. The maximum Gasteiger partial charge on any atom is 0.168 e. The van der Waals surface area contributed by atoms with E-state index in [2.05, 4.69) is 85.0 Å². The summed E-state index contributed by atoms with van der Waals surface area (Å²) in [4.78, 5) is 0. The van der Waals surface area contributed by atoms with E-state index < -0.39 is 0 Å². The molecule has 156 valence electrons. The summed E-state index contributed by atoms with van der Waals surface area (Å²) in [6.07, 6.45) is 6.75. The summed E-state index contributed by atoms with van der Waals surface area (Å²) in [5.41, 5.74) is 6.94. The molecule has 0 heterocycles. The number of ether oxygens (including phenoxy) is 2. The van der Waals surface area contributed by atoms with E-state index >= 15 is 0 Å². The predicted octanol–water partition coefficient (Wildman–Crippen LogP) is 7.42. The first-order chi connectivity index (χ1) is 15.8. The highest BCUT2D eigenvalue weighted by Gasteiger charge is 2.19. The lowest BCUT2D eigenvalue weighted by Gasteiger charge is -2.15. The number of methoxy groups -OCH3 is 2. The van der Waals surface area contributed by atoms with Gasteiger partial charge in [-0.1, -0.05) is 84.9 Å². The molecular formula is C30H24O2. The quantitative estimate of drug-likeness (QED) is 0.337. The highest BCUT2D eigenvalue weighted by Crippen LogP contribution is 2.42. The maximum atomic E-state index is 5.83. The van der Waals surface area contributed by atoms with Gasteiger partial charge >= 0.3 is 0 Å². The van der Waals surface area contributed by atoms with Crippen molar-refractivity contribution in [1.29, 1.82) is 0 Å². The Morgan fingerprint density at radius 1 is 0.656 bits per heavy atom. The lowest BCUT2D eigenvalue weighted by Crippen LogP contribution is -1.95. The second kappa shape index (κ2) is 8.60. The molecule has 4 aromatic carbocycles. The average Bonchev–Trinajstić information content (AvgIpc) is 3.28. The second-order valence-electron chi connectivity index (χ2n) is 7.74. The van der Waals surface area contributed by atoms with Crippen molar-refractivity contribution in [2.75, 3.05) is 14.2 Å². The Labute approximate surface area is 188 Å². The molecule has 0 saturated heterocycles. The third-order valence-corrected chi connectivity index (χ3v) is 5.84. The van der Waals surface area contributed by atoms with Crippen molar-refractivity contribution in [2.45, 2.75) is 0 Å². The van der Waals surface area contributed by atoms with Crippen LogP contribution >= 0.6 is 0 Å². The molecule has 0 spiro atoms. The maximum absolute atomic E-state index is 5.83. The third kappa shape index (κ3) is 3.61. The second-order valence-corrected chi connectivity index (χ2v) is 7.74. The van der Waals surface area contributed by atoms with Crippen molar-refractivity contribution >= 4 is 28.0 Å². The highest BCUT2D eigenvalue weighted by molar-refractivity contribution is 6.05. The minimum atomic E-state index is 0.730. The zero-order valence-corrected chi connectivity index (χ0v) is 18.2. The Bertz CT molecular complexity index is 1360. The summed E-state index contributed by atoms with van der Waals surface area (Å²) >= 11 is 0. The molecule has 2 heteroatoms. The Kier molecular flexibility index (Phi) is 5.35. The third-order valence-electron chi connectivity index (χ3n) is 5.84. The molecule has 0 bridgehead atoms. The smallest absolute Gasteiger partial charge is 0.168 e. The van der Waals surface area contributed by atoms with Crippen LogP contribution in [0.15, 0.2) is 109 Å². The van der Waals surface area contributed by atoms with Crippen LogP contribution in [-0.2, 0) is 0 Å². The molecule has 0 atom stereocenters. The van der Waals surface area contributed by atoms with Crippen LogP contribution in [0.2, 0.25) is 0 Å². The predicted molar refractivity (Wildman–Crippen MR) is 134 cm³/mol. The minimum Gasteiger partial charge on any atom is -0.493 e. The summed E-state index contributed by atoms with van der Waals surface area (Å²) in [5.74, 6) is 1.47. The van der Waals surface area contributed by atoms with Crippen molar-refractivity contribution in [1.82, 2.24) is 0 Å². The monoisotopic (exact) mass is 416 g/mol. The number of rotatable bonds is 5. The van der Waals surface area contributed by atoms with E-state index in [9.17, 15) is 0 Å². The first-order valence-electron chi connectivity index (χ1n) is 10.7. The van der Waals surface area contributed by atoms with Crippen LogP contribution in [0.4, 0.5) is 0 Å². The van der Waals surface area contributed by atoms with Gasteiger partial charge in [0.15, 0.2) is 11.5 Å². The fourth-order valence-electron chi connectivity index (χ4n) is 4.30. The van der Waals surface area contributed by atoms with Crippen LogP contribution in [0.1, 0.15) is 16.7 Å². The number of fused-ring (bicyclic) bond motifs is 1. The van der Waals surface area contributed by atoms with Crippen molar-refractivity contribution in [3.8, 4) is 11.5 Å². The van der Waals surface area contributed by atoms with Crippen LogP contribution < -0.4 is 9.47 Å². The number of benzene rings is 4. The summed E-state index contributed by atoms with van der Waals surface area (Å²) in [7, 11) is 3.38. The number of hydrogen-bond acceptors (Lipinski definition) is 2. The normalized spacial score (nSPS) is 14.4. The van der Waals surface area contributed by atoms with Crippen LogP contribution in [0.5, 0.6) is 11.5 Å². The van der Waals surface area contributed by atoms with E-state index in [4.69, 9.17) is 9.47 Å². The lowest BCUT2D eigenvalue weighted by molar-refractivity contribution is 0.355.